The molecule has 0 saturated heterocycles. The molecule has 0 aliphatic carbocycles. The van der Waals surface area contributed by atoms with E-state index in [9.17, 15) is 0 Å². The summed E-state index contributed by atoms with van der Waals surface area (Å²) >= 11 is 3.44. The Bertz CT molecular complexity index is 523. The van der Waals surface area contributed by atoms with Crippen LogP contribution < -0.4 is 4.74 Å². The van der Waals surface area contributed by atoms with Crippen molar-refractivity contribution in [2.45, 2.75) is 19.8 Å². The molecule has 1 aromatic carbocycles. The molecule has 0 saturated carbocycles. The Morgan fingerprint density at radius 3 is 2.62 bits per heavy atom. The van der Waals surface area contributed by atoms with E-state index in [1.807, 2.05) is 0 Å². The van der Waals surface area contributed by atoms with Crippen LogP contribution in [0.2, 0.25) is 0 Å². The van der Waals surface area contributed by atoms with Gasteiger partial charge >= 0.3 is 0 Å². The molecule has 1 heterocycles. The highest BCUT2D eigenvalue weighted by Crippen LogP contribution is 2.30. The number of halogens is 1. The molecule has 0 fully saturated rings. The second kappa shape index (κ2) is 4.42. The van der Waals surface area contributed by atoms with E-state index in [2.05, 4.69) is 53.0 Å². The number of pyridine rings is 1. The van der Waals surface area contributed by atoms with Crippen molar-refractivity contribution in [2.24, 2.45) is 0 Å². The van der Waals surface area contributed by atoms with E-state index in [0.29, 0.717) is 5.92 Å². The molecule has 3 heteroatoms. The van der Waals surface area contributed by atoms with Crippen molar-refractivity contribution in [3.63, 3.8) is 0 Å². The zero-order valence-electron chi connectivity index (χ0n) is 9.62. The lowest BCUT2D eigenvalue weighted by Gasteiger charge is -2.11. The van der Waals surface area contributed by atoms with Gasteiger partial charge in [-0.2, -0.15) is 0 Å². The van der Waals surface area contributed by atoms with Gasteiger partial charge in [0.15, 0.2) is 0 Å². The maximum absolute atomic E-state index is 5.38. The maximum Gasteiger partial charge on any atom is 0.145 e. The Labute approximate surface area is 104 Å². The van der Waals surface area contributed by atoms with Gasteiger partial charge in [0.1, 0.15) is 11.3 Å². The fourth-order valence-corrected chi connectivity index (χ4v) is 2.05. The minimum atomic E-state index is 0.484. The predicted molar refractivity (Wildman–Crippen MR) is 70.1 cm³/mol. The summed E-state index contributed by atoms with van der Waals surface area (Å²) in [6.45, 7) is 4.35. The molecule has 0 N–H and O–H groups in total. The summed E-state index contributed by atoms with van der Waals surface area (Å²) in [6, 6.07) is 6.30. The summed E-state index contributed by atoms with van der Waals surface area (Å²) in [4.78, 5) is 4.38. The smallest absolute Gasteiger partial charge is 0.145 e. The van der Waals surface area contributed by atoms with Gasteiger partial charge < -0.3 is 4.74 Å². The minimum absolute atomic E-state index is 0.484. The van der Waals surface area contributed by atoms with Crippen molar-refractivity contribution >= 4 is 26.8 Å². The summed E-state index contributed by atoms with van der Waals surface area (Å²) in [5.41, 5.74) is 2.18. The van der Waals surface area contributed by atoms with Crippen molar-refractivity contribution in [1.29, 1.82) is 0 Å². The molecule has 0 radical (unpaired) electrons. The fourth-order valence-electron chi connectivity index (χ4n) is 1.70. The molecule has 0 bridgehead atoms. The molecule has 1 aromatic heterocycles. The number of ether oxygens (including phenoxy) is 1. The summed E-state index contributed by atoms with van der Waals surface area (Å²) in [7, 11) is 1.68. The lowest BCUT2D eigenvalue weighted by Crippen LogP contribution is -1.93. The number of nitrogens with zero attached hydrogens (tertiary/aromatic N) is 1. The molecule has 0 amide bonds. The van der Waals surface area contributed by atoms with Gasteiger partial charge in [0.2, 0.25) is 0 Å². The molecule has 16 heavy (non-hydrogen) atoms. The Morgan fingerprint density at radius 1 is 1.25 bits per heavy atom. The average molecular weight is 280 g/mol. The van der Waals surface area contributed by atoms with E-state index < -0.39 is 0 Å². The highest BCUT2D eigenvalue weighted by atomic mass is 79.9. The van der Waals surface area contributed by atoms with Crippen LogP contribution in [0.3, 0.4) is 0 Å². The minimum Gasteiger partial charge on any atom is -0.494 e. The van der Waals surface area contributed by atoms with Crippen LogP contribution >= 0.6 is 15.9 Å². The lowest BCUT2D eigenvalue weighted by atomic mass is 10.0. The first-order valence-electron chi connectivity index (χ1n) is 5.25. The second-order valence-corrected chi connectivity index (χ2v) is 5.02. The summed E-state index contributed by atoms with van der Waals surface area (Å²) in [5, 5.41) is 1.11. The average Bonchev–Trinajstić information content (AvgIpc) is 2.26. The van der Waals surface area contributed by atoms with Crippen molar-refractivity contribution in [1.82, 2.24) is 4.98 Å². The van der Waals surface area contributed by atoms with E-state index in [-0.39, 0.29) is 0 Å². The topological polar surface area (TPSA) is 22.1 Å². The predicted octanol–water partition coefficient (Wildman–Crippen LogP) is 4.13. The molecule has 84 valence electrons. The zero-order chi connectivity index (χ0) is 11.7. The second-order valence-electron chi connectivity index (χ2n) is 4.10. The van der Waals surface area contributed by atoms with Crippen molar-refractivity contribution < 1.29 is 4.74 Å². The third kappa shape index (κ3) is 2.05. The van der Waals surface area contributed by atoms with Crippen LogP contribution in [-0.2, 0) is 0 Å². The Balaban J connectivity index is 2.73. The van der Waals surface area contributed by atoms with Gasteiger partial charge in [0, 0.05) is 16.1 Å². The third-order valence-corrected chi connectivity index (χ3v) is 3.06. The van der Waals surface area contributed by atoms with Crippen LogP contribution in [0.5, 0.6) is 5.75 Å². The Morgan fingerprint density at radius 2 is 2.00 bits per heavy atom. The third-order valence-electron chi connectivity index (χ3n) is 2.62. The van der Waals surface area contributed by atoms with Crippen molar-refractivity contribution in [3.8, 4) is 5.75 Å². The number of aromatic nitrogens is 1. The standard InChI is InChI=1S/C13H14BrNO/c1-8(2)9-4-10-5-11(14)7-15-13(10)12(6-9)16-3/h4-8H,1-3H3. The summed E-state index contributed by atoms with van der Waals surface area (Å²) in [6.07, 6.45) is 1.79. The van der Waals surface area contributed by atoms with Crippen molar-refractivity contribution in [2.75, 3.05) is 7.11 Å². The summed E-state index contributed by atoms with van der Waals surface area (Å²) < 4.78 is 6.37. The monoisotopic (exact) mass is 279 g/mol. The first-order valence-corrected chi connectivity index (χ1v) is 6.04. The largest absolute Gasteiger partial charge is 0.494 e. The first kappa shape index (κ1) is 11.4. The number of fused-ring (bicyclic) bond motifs is 1. The molecule has 0 aliphatic heterocycles. The number of rotatable bonds is 2. The SMILES string of the molecule is COc1cc(C(C)C)cc2cc(Br)cnc12. The molecule has 0 atom stereocenters. The van der Waals surface area contributed by atoms with Gasteiger partial charge in [0.05, 0.1) is 7.11 Å². The Hall–Kier alpha value is -1.09. The molecular formula is C13H14BrNO. The van der Waals surface area contributed by atoms with Gasteiger partial charge in [-0.05, 0) is 45.6 Å². The van der Waals surface area contributed by atoms with E-state index >= 15 is 0 Å². The van der Waals surface area contributed by atoms with Crippen LogP contribution in [0, 0.1) is 0 Å². The molecule has 2 nitrogen and oxygen atoms in total. The van der Waals surface area contributed by atoms with Crippen LogP contribution in [0.4, 0.5) is 0 Å². The number of hydrogen-bond acceptors (Lipinski definition) is 2. The molecule has 2 rings (SSSR count). The van der Waals surface area contributed by atoms with E-state index in [1.165, 1.54) is 5.56 Å². The quantitative estimate of drug-likeness (QED) is 0.825. The number of methoxy groups -OCH3 is 1. The van der Waals surface area contributed by atoms with Crippen LogP contribution in [-0.4, -0.2) is 12.1 Å². The van der Waals surface area contributed by atoms with E-state index in [0.717, 1.165) is 21.1 Å². The maximum atomic E-state index is 5.38. The summed E-state index contributed by atoms with van der Waals surface area (Å²) in [5.74, 6) is 1.32. The van der Waals surface area contributed by atoms with Gasteiger partial charge in [0.25, 0.3) is 0 Å². The molecular weight excluding hydrogens is 266 g/mol. The van der Waals surface area contributed by atoms with Crippen LogP contribution in [0.25, 0.3) is 10.9 Å². The van der Waals surface area contributed by atoms with Gasteiger partial charge in [-0.1, -0.05) is 13.8 Å². The van der Waals surface area contributed by atoms with E-state index in [1.54, 1.807) is 13.3 Å². The first-order chi connectivity index (χ1) is 7.61. The molecule has 0 aliphatic rings. The zero-order valence-corrected chi connectivity index (χ0v) is 11.2. The van der Waals surface area contributed by atoms with Crippen molar-refractivity contribution in [3.05, 3.63) is 34.4 Å². The lowest BCUT2D eigenvalue weighted by molar-refractivity contribution is 0.418. The number of benzene rings is 1. The van der Waals surface area contributed by atoms with Gasteiger partial charge in [-0.3, -0.25) is 4.98 Å². The number of hydrogen-bond donors (Lipinski definition) is 0. The normalized spacial score (nSPS) is 11.1. The van der Waals surface area contributed by atoms with Gasteiger partial charge in [-0.25, -0.2) is 0 Å². The van der Waals surface area contributed by atoms with Crippen LogP contribution in [0.15, 0.2) is 28.9 Å². The van der Waals surface area contributed by atoms with Gasteiger partial charge in [-0.15, -0.1) is 0 Å². The highest BCUT2D eigenvalue weighted by Gasteiger charge is 2.08. The Kier molecular flexibility index (Phi) is 3.15. The van der Waals surface area contributed by atoms with E-state index in [4.69, 9.17) is 4.74 Å². The fraction of sp³-hybridized carbons (Fsp3) is 0.308. The van der Waals surface area contributed by atoms with Crippen LogP contribution in [0.1, 0.15) is 25.3 Å². The highest BCUT2D eigenvalue weighted by molar-refractivity contribution is 9.10. The molecule has 0 unspecified atom stereocenters. The molecule has 2 aromatic rings. The molecule has 0 spiro atoms.